The average Bonchev–Trinajstić information content (AvgIpc) is 3.24. The number of carbonyl (C=O) groups excluding carboxylic acids is 1. The maximum absolute atomic E-state index is 12.6. The Balaban J connectivity index is 1.27. The van der Waals surface area contributed by atoms with Crippen LogP contribution in [0.5, 0.6) is 11.5 Å². The summed E-state index contributed by atoms with van der Waals surface area (Å²) in [7, 11) is 1.61. The smallest absolute Gasteiger partial charge is 0.497 e. The molecule has 4 rings (SSSR count). The summed E-state index contributed by atoms with van der Waals surface area (Å²) in [6.07, 6.45) is -3.60. The minimum absolute atomic E-state index is 0.0694. The van der Waals surface area contributed by atoms with Crippen LogP contribution in [0, 0.1) is 0 Å². The predicted molar refractivity (Wildman–Crippen MR) is 122 cm³/mol. The Kier molecular flexibility index (Phi) is 7.18. The van der Waals surface area contributed by atoms with Gasteiger partial charge >= 0.3 is 6.36 Å². The molecule has 1 fully saturated rings. The Morgan fingerprint density at radius 2 is 1.77 bits per heavy atom. The van der Waals surface area contributed by atoms with E-state index in [-0.39, 0.29) is 24.2 Å². The van der Waals surface area contributed by atoms with Crippen molar-refractivity contribution < 1.29 is 32.3 Å². The average molecular weight is 492 g/mol. The lowest BCUT2D eigenvalue weighted by Crippen LogP contribution is -2.47. The molecule has 2 aliphatic heterocycles. The number of benzene rings is 2. The van der Waals surface area contributed by atoms with Gasteiger partial charge in [0.15, 0.2) is 11.6 Å². The van der Waals surface area contributed by atoms with Crippen molar-refractivity contribution in [2.45, 2.75) is 37.9 Å². The van der Waals surface area contributed by atoms with E-state index in [1.165, 1.54) is 24.3 Å². The number of aliphatic imine (C=N–C) groups is 1. The minimum atomic E-state index is -4.74. The summed E-state index contributed by atoms with van der Waals surface area (Å²) in [5, 5.41) is 3.02. The lowest BCUT2D eigenvalue weighted by atomic mass is 10.0. The first-order valence-corrected chi connectivity index (χ1v) is 11.2. The van der Waals surface area contributed by atoms with E-state index in [4.69, 9.17) is 9.57 Å². The zero-order valence-electron chi connectivity index (χ0n) is 19.4. The van der Waals surface area contributed by atoms with Crippen molar-refractivity contribution in [3.05, 3.63) is 59.7 Å². The van der Waals surface area contributed by atoms with E-state index in [0.29, 0.717) is 37.3 Å². The highest BCUT2D eigenvalue weighted by Crippen LogP contribution is 2.31. The third-order valence-corrected chi connectivity index (χ3v) is 6.01. The van der Waals surface area contributed by atoms with E-state index < -0.39 is 12.1 Å². The SMILES string of the molecule is COc1ccc([C@H](C)NC(=O)CN2CCC3(CC2)N=C(c2ccc(OC(F)(F)F)cc2)NO3)cc1. The molecule has 2 aromatic rings. The summed E-state index contributed by atoms with van der Waals surface area (Å²) in [5.41, 5.74) is 3.60. The fourth-order valence-corrected chi connectivity index (χ4v) is 4.07. The molecule has 1 spiro atoms. The molecule has 1 amide bonds. The number of amides is 1. The van der Waals surface area contributed by atoms with Gasteiger partial charge in [-0.3, -0.25) is 9.69 Å². The summed E-state index contributed by atoms with van der Waals surface area (Å²) in [4.78, 5) is 25.0. The number of likely N-dealkylation sites (tertiary alicyclic amines) is 1. The Bertz CT molecular complexity index is 1050. The molecule has 11 heteroatoms. The number of ether oxygens (including phenoxy) is 2. The number of carbonyl (C=O) groups is 1. The van der Waals surface area contributed by atoms with Crippen LogP contribution < -0.4 is 20.3 Å². The molecular formula is C24H27F3N4O4. The second kappa shape index (κ2) is 10.1. The largest absolute Gasteiger partial charge is 0.573 e. The molecular weight excluding hydrogens is 465 g/mol. The van der Waals surface area contributed by atoms with Crippen LogP contribution in [0.15, 0.2) is 53.5 Å². The van der Waals surface area contributed by atoms with Gasteiger partial charge in [0, 0.05) is 31.5 Å². The second-order valence-corrected chi connectivity index (χ2v) is 8.52. The van der Waals surface area contributed by atoms with Gasteiger partial charge in [-0.25, -0.2) is 15.3 Å². The van der Waals surface area contributed by atoms with E-state index in [0.717, 1.165) is 11.3 Å². The Morgan fingerprint density at radius 1 is 1.14 bits per heavy atom. The van der Waals surface area contributed by atoms with Crippen molar-refractivity contribution in [1.82, 2.24) is 15.7 Å². The number of hydrogen-bond donors (Lipinski definition) is 2. The highest BCUT2D eigenvalue weighted by atomic mass is 19.4. The molecule has 1 saturated heterocycles. The van der Waals surface area contributed by atoms with Crippen LogP contribution in [0.2, 0.25) is 0 Å². The fraction of sp³-hybridized carbons (Fsp3) is 0.417. The zero-order chi connectivity index (χ0) is 25.1. The number of amidine groups is 1. The maximum atomic E-state index is 12.6. The lowest BCUT2D eigenvalue weighted by molar-refractivity contribution is -0.274. The standard InChI is InChI=1S/C24H27F3N4O4/c1-16(17-3-7-19(33-2)8-4-17)28-21(32)15-31-13-11-23(12-14-31)29-22(30-35-23)18-5-9-20(10-6-18)34-24(25,26)27/h3-10,16H,11-15H2,1-2H3,(H,28,32)(H,29,30)/t16-/m0/s1. The molecule has 1 atom stereocenters. The molecule has 35 heavy (non-hydrogen) atoms. The quantitative estimate of drug-likeness (QED) is 0.615. The molecule has 0 radical (unpaired) electrons. The molecule has 0 aliphatic carbocycles. The summed E-state index contributed by atoms with van der Waals surface area (Å²) < 4.78 is 46.1. The van der Waals surface area contributed by atoms with E-state index in [1.54, 1.807) is 7.11 Å². The molecule has 188 valence electrons. The van der Waals surface area contributed by atoms with Crippen molar-refractivity contribution in [2.24, 2.45) is 4.99 Å². The first-order chi connectivity index (χ1) is 16.6. The summed E-state index contributed by atoms with van der Waals surface area (Å²) in [6.45, 7) is 3.42. The predicted octanol–water partition coefficient (Wildman–Crippen LogP) is 3.54. The van der Waals surface area contributed by atoms with E-state index in [2.05, 4.69) is 20.5 Å². The molecule has 2 aliphatic rings. The van der Waals surface area contributed by atoms with Gasteiger partial charge in [0.2, 0.25) is 5.91 Å². The number of methoxy groups -OCH3 is 1. The number of nitrogens with zero attached hydrogens (tertiary/aromatic N) is 2. The van der Waals surface area contributed by atoms with Gasteiger partial charge in [-0.1, -0.05) is 12.1 Å². The number of hydrogen-bond acceptors (Lipinski definition) is 7. The Hall–Kier alpha value is -3.31. The van der Waals surface area contributed by atoms with Crippen LogP contribution in [0.1, 0.15) is 36.9 Å². The van der Waals surface area contributed by atoms with Crippen molar-refractivity contribution in [3.63, 3.8) is 0 Å². The van der Waals surface area contributed by atoms with Gasteiger partial charge in [-0.05, 0) is 48.9 Å². The van der Waals surface area contributed by atoms with Crippen molar-refractivity contribution in [2.75, 3.05) is 26.7 Å². The zero-order valence-corrected chi connectivity index (χ0v) is 19.4. The summed E-state index contributed by atoms with van der Waals surface area (Å²) in [5.74, 6) is 0.836. The summed E-state index contributed by atoms with van der Waals surface area (Å²) >= 11 is 0. The number of piperidine rings is 1. The first kappa shape index (κ1) is 24.8. The third-order valence-electron chi connectivity index (χ3n) is 6.01. The van der Waals surface area contributed by atoms with Crippen LogP contribution in [-0.2, 0) is 9.63 Å². The van der Waals surface area contributed by atoms with Crippen LogP contribution in [-0.4, -0.2) is 55.5 Å². The Morgan fingerprint density at radius 3 is 2.37 bits per heavy atom. The topological polar surface area (TPSA) is 84.4 Å². The Labute approximate surface area is 201 Å². The van der Waals surface area contributed by atoms with Crippen molar-refractivity contribution in [3.8, 4) is 11.5 Å². The molecule has 0 bridgehead atoms. The number of nitrogens with one attached hydrogen (secondary N) is 2. The van der Waals surface area contributed by atoms with E-state index >= 15 is 0 Å². The van der Waals surface area contributed by atoms with Crippen molar-refractivity contribution in [1.29, 1.82) is 0 Å². The lowest BCUT2D eigenvalue weighted by Gasteiger charge is -2.35. The van der Waals surface area contributed by atoms with Gasteiger partial charge in [-0.2, -0.15) is 0 Å². The van der Waals surface area contributed by atoms with Gasteiger partial charge in [-0.15, -0.1) is 13.2 Å². The molecule has 0 aromatic heterocycles. The molecule has 0 saturated carbocycles. The van der Waals surface area contributed by atoms with Crippen LogP contribution >= 0.6 is 0 Å². The number of rotatable bonds is 7. The van der Waals surface area contributed by atoms with Gasteiger partial charge in [0.1, 0.15) is 11.5 Å². The third kappa shape index (κ3) is 6.43. The first-order valence-electron chi connectivity index (χ1n) is 11.2. The van der Waals surface area contributed by atoms with Gasteiger partial charge < -0.3 is 14.8 Å². The number of hydroxylamine groups is 1. The summed E-state index contributed by atoms with van der Waals surface area (Å²) in [6, 6.07) is 12.9. The van der Waals surface area contributed by atoms with Crippen LogP contribution in [0.25, 0.3) is 0 Å². The van der Waals surface area contributed by atoms with Crippen LogP contribution in [0.3, 0.4) is 0 Å². The van der Waals surface area contributed by atoms with E-state index in [1.807, 2.05) is 36.1 Å². The molecule has 2 N–H and O–H groups in total. The van der Waals surface area contributed by atoms with Gasteiger partial charge in [0.25, 0.3) is 0 Å². The number of halogens is 3. The molecule has 2 heterocycles. The molecule has 0 unspecified atom stereocenters. The van der Waals surface area contributed by atoms with Crippen molar-refractivity contribution >= 4 is 11.7 Å². The monoisotopic (exact) mass is 492 g/mol. The number of alkyl halides is 3. The maximum Gasteiger partial charge on any atom is 0.573 e. The molecule has 8 nitrogen and oxygen atoms in total. The van der Waals surface area contributed by atoms with Gasteiger partial charge in [0.05, 0.1) is 19.7 Å². The van der Waals surface area contributed by atoms with E-state index in [9.17, 15) is 18.0 Å². The highest BCUT2D eigenvalue weighted by molar-refractivity contribution is 5.99. The minimum Gasteiger partial charge on any atom is -0.497 e. The second-order valence-electron chi connectivity index (χ2n) is 8.52. The fourth-order valence-electron chi connectivity index (χ4n) is 4.07. The molecule has 2 aromatic carbocycles. The normalized spacial score (nSPS) is 18.5. The van der Waals surface area contributed by atoms with Crippen LogP contribution in [0.4, 0.5) is 13.2 Å². The highest BCUT2D eigenvalue weighted by Gasteiger charge is 2.40.